The van der Waals surface area contributed by atoms with E-state index in [2.05, 4.69) is 10.3 Å². The van der Waals surface area contributed by atoms with Gasteiger partial charge in [0.2, 0.25) is 0 Å². The van der Waals surface area contributed by atoms with Gasteiger partial charge in [-0.25, -0.2) is 9.37 Å². The Hall–Kier alpha value is -0.900. The van der Waals surface area contributed by atoms with Crippen molar-refractivity contribution in [2.45, 2.75) is 25.4 Å². The summed E-state index contributed by atoms with van der Waals surface area (Å²) in [7, 11) is 1.91. The fourth-order valence-corrected chi connectivity index (χ4v) is 2.12. The first-order valence-electron chi connectivity index (χ1n) is 5.58. The van der Waals surface area contributed by atoms with Gasteiger partial charge in [-0.1, -0.05) is 0 Å². The van der Waals surface area contributed by atoms with E-state index in [0.717, 1.165) is 31.8 Å². The fourth-order valence-electron chi connectivity index (χ4n) is 2.12. The van der Waals surface area contributed by atoms with Gasteiger partial charge in [0.15, 0.2) is 0 Å². The molecule has 2 atom stereocenters. The standard InChI is InChI=1S/C11H18FN3/c1-15-6-5-14-11(15)7-10(12)9-3-2-4-13-8-9/h5-6,9-10,13H,2-4,7-8H2,1H3. The van der Waals surface area contributed by atoms with E-state index >= 15 is 0 Å². The summed E-state index contributed by atoms with van der Waals surface area (Å²) in [5.41, 5.74) is 0. The van der Waals surface area contributed by atoms with Crippen molar-refractivity contribution in [1.82, 2.24) is 14.9 Å². The second-order valence-electron chi connectivity index (χ2n) is 4.28. The monoisotopic (exact) mass is 211 g/mol. The second-order valence-corrected chi connectivity index (χ2v) is 4.28. The maximum absolute atomic E-state index is 13.9. The lowest BCUT2D eigenvalue weighted by atomic mass is 9.93. The molecule has 0 aromatic carbocycles. The largest absolute Gasteiger partial charge is 0.338 e. The summed E-state index contributed by atoms with van der Waals surface area (Å²) in [5, 5.41) is 3.24. The van der Waals surface area contributed by atoms with Crippen LogP contribution in [0.4, 0.5) is 4.39 Å². The van der Waals surface area contributed by atoms with Crippen molar-refractivity contribution in [1.29, 1.82) is 0 Å². The predicted octanol–water partition coefficient (Wildman–Crippen LogP) is 1.30. The highest BCUT2D eigenvalue weighted by Crippen LogP contribution is 2.19. The van der Waals surface area contributed by atoms with Gasteiger partial charge in [0.1, 0.15) is 12.0 Å². The van der Waals surface area contributed by atoms with E-state index in [4.69, 9.17) is 0 Å². The number of nitrogens with zero attached hydrogens (tertiary/aromatic N) is 2. The van der Waals surface area contributed by atoms with Gasteiger partial charge in [-0.15, -0.1) is 0 Å². The maximum atomic E-state index is 13.9. The molecule has 1 aromatic rings. The molecular formula is C11H18FN3. The average molecular weight is 211 g/mol. The molecule has 1 saturated heterocycles. The van der Waals surface area contributed by atoms with Gasteiger partial charge in [-0.3, -0.25) is 0 Å². The number of alkyl halides is 1. The first-order chi connectivity index (χ1) is 7.27. The molecule has 1 N–H and O–H groups in total. The molecule has 84 valence electrons. The van der Waals surface area contributed by atoms with E-state index < -0.39 is 6.17 Å². The Morgan fingerprint density at radius 2 is 2.60 bits per heavy atom. The SMILES string of the molecule is Cn1ccnc1CC(F)C1CCCNC1. The van der Waals surface area contributed by atoms with E-state index in [1.165, 1.54) is 0 Å². The average Bonchev–Trinajstić information content (AvgIpc) is 2.66. The Morgan fingerprint density at radius 1 is 1.73 bits per heavy atom. The molecule has 0 bridgehead atoms. The minimum absolute atomic E-state index is 0.162. The van der Waals surface area contributed by atoms with Crippen LogP contribution < -0.4 is 5.32 Å². The predicted molar refractivity (Wildman–Crippen MR) is 57.4 cm³/mol. The van der Waals surface area contributed by atoms with Gasteiger partial charge in [-0.2, -0.15) is 0 Å². The number of aryl methyl sites for hydroxylation is 1. The van der Waals surface area contributed by atoms with Gasteiger partial charge >= 0.3 is 0 Å². The number of halogens is 1. The summed E-state index contributed by atoms with van der Waals surface area (Å²) in [4.78, 5) is 4.15. The summed E-state index contributed by atoms with van der Waals surface area (Å²) in [5.74, 6) is 1.00. The minimum Gasteiger partial charge on any atom is -0.338 e. The maximum Gasteiger partial charge on any atom is 0.111 e. The topological polar surface area (TPSA) is 29.9 Å². The zero-order valence-corrected chi connectivity index (χ0v) is 9.12. The molecule has 0 radical (unpaired) electrons. The van der Waals surface area contributed by atoms with Crippen LogP contribution in [0, 0.1) is 5.92 Å². The number of piperidine rings is 1. The third-order valence-corrected chi connectivity index (χ3v) is 3.15. The van der Waals surface area contributed by atoms with Crippen LogP contribution in [0.3, 0.4) is 0 Å². The first kappa shape index (κ1) is 10.6. The van der Waals surface area contributed by atoms with Gasteiger partial charge in [0.05, 0.1) is 0 Å². The molecule has 2 unspecified atom stereocenters. The first-order valence-corrected chi connectivity index (χ1v) is 5.58. The van der Waals surface area contributed by atoms with Crippen molar-refractivity contribution < 1.29 is 4.39 Å². The van der Waals surface area contributed by atoms with E-state index in [9.17, 15) is 4.39 Å². The number of hydrogen-bond acceptors (Lipinski definition) is 2. The van der Waals surface area contributed by atoms with Crippen molar-refractivity contribution in [2.75, 3.05) is 13.1 Å². The molecule has 1 aromatic heterocycles. The molecule has 0 spiro atoms. The highest BCUT2D eigenvalue weighted by Gasteiger charge is 2.24. The summed E-state index contributed by atoms with van der Waals surface area (Å²) in [6.07, 6.45) is 5.35. The van der Waals surface area contributed by atoms with Crippen LogP contribution in [0.2, 0.25) is 0 Å². The quantitative estimate of drug-likeness (QED) is 0.816. The van der Waals surface area contributed by atoms with Crippen LogP contribution in [0.1, 0.15) is 18.7 Å². The third kappa shape index (κ3) is 2.56. The van der Waals surface area contributed by atoms with Crippen LogP contribution in [-0.2, 0) is 13.5 Å². The van der Waals surface area contributed by atoms with Crippen LogP contribution >= 0.6 is 0 Å². The van der Waals surface area contributed by atoms with Crippen LogP contribution in [0.5, 0.6) is 0 Å². The smallest absolute Gasteiger partial charge is 0.111 e. The van der Waals surface area contributed by atoms with Crippen molar-refractivity contribution in [3.63, 3.8) is 0 Å². The number of nitrogens with one attached hydrogen (secondary N) is 1. The number of hydrogen-bond donors (Lipinski definition) is 1. The number of imidazole rings is 1. The van der Waals surface area contributed by atoms with E-state index in [1.54, 1.807) is 6.20 Å². The molecule has 15 heavy (non-hydrogen) atoms. The molecule has 3 nitrogen and oxygen atoms in total. The summed E-state index contributed by atoms with van der Waals surface area (Å²) >= 11 is 0. The molecule has 0 aliphatic carbocycles. The normalized spacial score (nSPS) is 24.0. The Kier molecular flexibility index (Phi) is 3.36. The van der Waals surface area contributed by atoms with Gasteiger partial charge in [-0.05, 0) is 19.4 Å². The molecule has 2 heterocycles. The minimum atomic E-state index is -0.765. The van der Waals surface area contributed by atoms with Gasteiger partial charge < -0.3 is 9.88 Å². The summed E-state index contributed by atoms with van der Waals surface area (Å²) in [6, 6.07) is 0. The second kappa shape index (κ2) is 4.75. The van der Waals surface area contributed by atoms with Crippen LogP contribution in [0.15, 0.2) is 12.4 Å². The number of rotatable bonds is 3. The summed E-state index contributed by atoms with van der Waals surface area (Å²) < 4.78 is 15.8. The third-order valence-electron chi connectivity index (χ3n) is 3.15. The molecule has 1 fully saturated rings. The number of aromatic nitrogens is 2. The molecule has 2 rings (SSSR count). The molecule has 0 saturated carbocycles. The van der Waals surface area contributed by atoms with Gasteiger partial charge in [0, 0.05) is 38.3 Å². The van der Waals surface area contributed by atoms with E-state index in [-0.39, 0.29) is 5.92 Å². The molecule has 0 amide bonds. The highest BCUT2D eigenvalue weighted by atomic mass is 19.1. The molecule has 1 aliphatic heterocycles. The lowest BCUT2D eigenvalue weighted by Crippen LogP contribution is -2.36. The van der Waals surface area contributed by atoms with Crippen molar-refractivity contribution >= 4 is 0 Å². The summed E-state index contributed by atoms with van der Waals surface area (Å²) in [6.45, 7) is 1.84. The van der Waals surface area contributed by atoms with Crippen LogP contribution in [-0.4, -0.2) is 28.8 Å². The Bertz CT molecular complexity index is 305. The Balaban J connectivity index is 1.91. The van der Waals surface area contributed by atoms with Crippen LogP contribution in [0.25, 0.3) is 0 Å². The van der Waals surface area contributed by atoms with Gasteiger partial charge in [0.25, 0.3) is 0 Å². The lowest BCUT2D eigenvalue weighted by Gasteiger charge is -2.25. The lowest BCUT2D eigenvalue weighted by molar-refractivity contribution is 0.188. The van der Waals surface area contributed by atoms with Crippen molar-refractivity contribution in [3.8, 4) is 0 Å². The molecular weight excluding hydrogens is 193 g/mol. The Morgan fingerprint density at radius 3 is 3.20 bits per heavy atom. The van der Waals surface area contributed by atoms with Crippen molar-refractivity contribution in [3.05, 3.63) is 18.2 Å². The Labute approximate surface area is 89.7 Å². The molecule has 4 heteroatoms. The zero-order chi connectivity index (χ0) is 10.7. The zero-order valence-electron chi connectivity index (χ0n) is 9.12. The van der Waals surface area contributed by atoms with Crippen molar-refractivity contribution in [2.24, 2.45) is 13.0 Å². The van der Waals surface area contributed by atoms with E-state index in [1.807, 2.05) is 17.8 Å². The highest BCUT2D eigenvalue weighted by molar-refractivity contribution is 4.94. The molecule has 1 aliphatic rings. The van der Waals surface area contributed by atoms with E-state index in [0.29, 0.717) is 6.42 Å². The fraction of sp³-hybridized carbons (Fsp3) is 0.727.